The highest BCUT2D eigenvalue weighted by Gasteiger charge is 2.29. The molecular formula is C23H30Cl2N4O5. The largest absolute Gasteiger partial charge is 0.489 e. The summed E-state index contributed by atoms with van der Waals surface area (Å²) in [6, 6.07) is 3.01. The van der Waals surface area contributed by atoms with E-state index in [2.05, 4.69) is 15.3 Å². The average molecular weight is 513 g/mol. The predicted molar refractivity (Wildman–Crippen MR) is 129 cm³/mol. The van der Waals surface area contributed by atoms with Crippen molar-refractivity contribution in [3.05, 3.63) is 44.3 Å². The molecule has 3 heterocycles. The number of hydrogen-bond donors (Lipinski definition) is 3. The Hall–Kier alpha value is -2.20. The Morgan fingerprint density at radius 1 is 1.21 bits per heavy atom. The van der Waals surface area contributed by atoms with Crippen molar-refractivity contribution in [3.63, 3.8) is 0 Å². The van der Waals surface area contributed by atoms with Crippen LogP contribution >= 0.6 is 23.2 Å². The number of aliphatic hydroxyl groups is 1. The standard InChI is InChI=1S/C23H30Cl2N4O5/c24-17-12-16(21-22(20(17)25)34-11-3-10-33-21)23(32)26-13-15-4-8-28(14-18(15)30)6-1-2-7-29-9-5-19(31)27-29/h5,9,12,15,18,30H,1-4,6-8,10-11,13-14H2,(H,26,32)(H,27,31). The molecule has 0 aliphatic carbocycles. The van der Waals surface area contributed by atoms with Gasteiger partial charge in [0.05, 0.1) is 29.9 Å². The van der Waals surface area contributed by atoms with Gasteiger partial charge in [-0.15, -0.1) is 0 Å². The van der Waals surface area contributed by atoms with Gasteiger partial charge in [0.2, 0.25) is 0 Å². The molecule has 0 spiro atoms. The third-order valence-corrected chi connectivity index (χ3v) is 7.04. The van der Waals surface area contributed by atoms with E-state index in [0.717, 1.165) is 38.9 Å². The van der Waals surface area contributed by atoms with Gasteiger partial charge in [0.25, 0.3) is 11.5 Å². The summed E-state index contributed by atoms with van der Waals surface area (Å²) in [4.78, 5) is 26.3. The van der Waals surface area contributed by atoms with Gasteiger partial charge in [0.1, 0.15) is 5.02 Å². The lowest BCUT2D eigenvalue weighted by atomic mass is 9.93. The van der Waals surface area contributed by atoms with Gasteiger partial charge < -0.3 is 24.8 Å². The van der Waals surface area contributed by atoms with Gasteiger partial charge >= 0.3 is 0 Å². The third kappa shape index (κ3) is 6.07. The molecule has 4 rings (SSSR count). The minimum Gasteiger partial charge on any atom is -0.489 e. The van der Waals surface area contributed by atoms with Crippen LogP contribution in [0.15, 0.2) is 23.1 Å². The fraction of sp³-hybridized carbons (Fsp3) is 0.565. The monoisotopic (exact) mass is 512 g/mol. The molecule has 0 saturated carbocycles. The zero-order valence-corrected chi connectivity index (χ0v) is 20.4. The van der Waals surface area contributed by atoms with Crippen LogP contribution in [0.3, 0.4) is 0 Å². The number of aryl methyl sites for hydroxylation is 1. The summed E-state index contributed by atoms with van der Waals surface area (Å²) in [6.07, 6.45) is 4.60. The van der Waals surface area contributed by atoms with Crippen molar-refractivity contribution < 1.29 is 19.4 Å². The number of fused-ring (bicyclic) bond motifs is 1. The third-order valence-electron chi connectivity index (χ3n) is 6.27. The van der Waals surface area contributed by atoms with Crippen molar-refractivity contribution >= 4 is 29.1 Å². The lowest BCUT2D eigenvalue weighted by molar-refractivity contribution is 0.0215. The van der Waals surface area contributed by atoms with Crippen LogP contribution in [-0.2, 0) is 6.54 Å². The van der Waals surface area contributed by atoms with Crippen molar-refractivity contribution in [2.75, 3.05) is 39.4 Å². The molecule has 2 aliphatic heterocycles. The van der Waals surface area contributed by atoms with E-state index in [9.17, 15) is 14.7 Å². The molecule has 2 unspecified atom stereocenters. The summed E-state index contributed by atoms with van der Waals surface area (Å²) in [5.74, 6) is 0.235. The van der Waals surface area contributed by atoms with Gasteiger partial charge in [-0.25, -0.2) is 0 Å². The van der Waals surface area contributed by atoms with Crippen LogP contribution in [0.4, 0.5) is 0 Å². The number of ether oxygens (including phenoxy) is 2. The minimum absolute atomic E-state index is 0.0382. The van der Waals surface area contributed by atoms with Crippen LogP contribution in [-0.4, -0.2) is 71.2 Å². The Balaban J connectivity index is 1.25. The molecule has 11 heteroatoms. The molecule has 186 valence electrons. The molecule has 0 bridgehead atoms. The number of piperidine rings is 1. The molecule has 1 amide bonds. The van der Waals surface area contributed by atoms with Crippen molar-refractivity contribution in [2.45, 2.75) is 38.3 Å². The fourth-order valence-corrected chi connectivity index (χ4v) is 4.75. The summed E-state index contributed by atoms with van der Waals surface area (Å²) in [5, 5.41) is 16.8. The highest BCUT2D eigenvalue weighted by Crippen LogP contribution is 2.44. The first-order valence-corrected chi connectivity index (χ1v) is 12.4. The lowest BCUT2D eigenvalue weighted by Gasteiger charge is -2.36. The second-order valence-corrected chi connectivity index (χ2v) is 9.53. The second kappa shape index (κ2) is 11.5. The summed E-state index contributed by atoms with van der Waals surface area (Å²) >= 11 is 12.5. The number of nitrogens with one attached hydrogen (secondary N) is 2. The smallest absolute Gasteiger partial charge is 0.264 e. The fourth-order valence-electron chi connectivity index (χ4n) is 4.36. The Morgan fingerprint density at radius 3 is 2.71 bits per heavy atom. The van der Waals surface area contributed by atoms with Crippen molar-refractivity contribution in [1.82, 2.24) is 20.0 Å². The number of hydrogen-bond acceptors (Lipinski definition) is 6. The van der Waals surface area contributed by atoms with Gasteiger partial charge in [-0.2, -0.15) is 0 Å². The molecular weight excluding hydrogens is 483 g/mol. The van der Waals surface area contributed by atoms with Gasteiger partial charge in [0, 0.05) is 44.2 Å². The normalized spacial score (nSPS) is 20.7. The number of aliphatic hydroxyl groups excluding tert-OH is 1. The maximum atomic E-state index is 12.9. The quantitative estimate of drug-likeness (QED) is 0.469. The van der Waals surface area contributed by atoms with Crippen LogP contribution < -0.4 is 20.3 Å². The Bertz CT molecular complexity index is 1060. The SMILES string of the molecule is O=C(NCC1CCN(CCCCn2ccc(=O)[nH]2)CC1O)c1cc(Cl)c(Cl)c2c1OCCCO2. The van der Waals surface area contributed by atoms with Crippen LogP contribution in [0.1, 0.15) is 36.0 Å². The number of β-amino-alcohol motifs (C(OH)–C–C–N with tert-alkyl or cyclic N) is 1. The Labute approximate surface area is 207 Å². The number of benzene rings is 1. The number of aromatic amines is 1. The summed E-state index contributed by atoms with van der Waals surface area (Å²) < 4.78 is 13.2. The van der Waals surface area contributed by atoms with Crippen LogP contribution in [0, 0.1) is 5.92 Å². The molecule has 3 N–H and O–H groups in total. The first kappa shape index (κ1) is 24.9. The zero-order valence-electron chi connectivity index (χ0n) is 18.9. The van der Waals surface area contributed by atoms with Crippen molar-refractivity contribution in [2.24, 2.45) is 5.92 Å². The molecule has 9 nitrogen and oxygen atoms in total. The lowest BCUT2D eigenvalue weighted by Crippen LogP contribution is -2.47. The number of amides is 1. The zero-order chi connectivity index (χ0) is 24.1. The minimum atomic E-state index is -0.527. The Kier molecular flexibility index (Phi) is 8.41. The van der Waals surface area contributed by atoms with E-state index >= 15 is 0 Å². The number of likely N-dealkylation sites (tertiary alicyclic amines) is 1. The highest BCUT2D eigenvalue weighted by atomic mass is 35.5. The molecule has 2 aliphatic rings. The summed E-state index contributed by atoms with van der Waals surface area (Å²) in [5.41, 5.74) is 0.190. The number of carbonyl (C=O) groups excluding carboxylic acids is 1. The van der Waals surface area contributed by atoms with Crippen LogP contribution in [0.2, 0.25) is 10.0 Å². The Morgan fingerprint density at radius 2 is 1.97 bits per heavy atom. The predicted octanol–water partition coefficient (Wildman–Crippen LogP) is 2.54. The number of nitrogens with zero attached hydrogens (tertiary/aromatic N) is 2. The van der Waals surface area contributed by atoms with E-state index in [0.29, 0.717) is 44.2 Å². The number of rotatable bonds is 8. The molecule has 1 aromatic heterocycles. The van der Waals surface area contributed by atoms with Gasteiger partial charge in [-0.1, -0.05) is 23.2 Å². The van der Waals surface area contributed by atoms with Gasteiger partial charge in [0.15, 0.2) is 11.5 Å². The van der Waals surface area contributed by atoms with Crippen molar-refractivity contribution in [1.29, 1.82) is 0 Å². The molecule has 2 aromatic rings. The van der Waals surface area contributed by atoms with Gasteiger partial charge in [-0.05, 0) is 38.4 Å². The van der Waals surface area contributed by atoms with E-state index in [-0.39, 0.29) is 33.0 Å². The highest BCUT2D eigenvalue weighted by molar-refractivity contribution is 6.43. The van der Waals surface area contributed by atoms with E-state index in [1.54, 1.807) is 10.9 Å². The molecule has 34 heavy (non-hydrogen) atoms. The maximum absolute atomic E-state index is 12.9. The number of H-pyrrole nitrogens is 1. The first-order chi connectivity index (χ1) is 16.4. The first-order valence-electron chi connectivity index (χ1n) is 11.6. The average Bonchev–Trinajstić information content (AvgIpc) is 3.08. The number of aromatic nitrogens is 2. The van der Waals surface area contributed by atoms with E-state index in [4.69, 9.17) is 32.7 Å². The van der Waals surface area contributed by atoms with E-state index in [1.807, 2.05) is 0 Å². The van der Waals surface area contributed by atoms with E-state index in [1.165, 1.54) is 12.1 Å². The molecule has 1 fully saturated rings. The second-order valence-electron chi connectivity index (χ2n) is 8.75. The topological polar surface area (TPSA) is 109 Å². The molecule has 2 atom stereocenters. The number of carbonyl (C=O) groups is 1. The van der Waals surface area contributed by atoms with E-state index < -0.39 is 6.10 Å². The summed E-state index contributed by atoms with van der Waals surface area (Å²) in [6.45, 7) is 4.28. The maximum Gasteiger partial charge on any atom is 0.264 e. The van der Waals surface area contributed by atoms with Crippen molar-refractivity contribution in [3.8, 4) is 11.5 Å². The molecule has 0 radical (unpaired) electrons. The van der Waals surface area contributed by atoms with Crippen LogP contribution in [0.25, 0.3) is 0 Å². The molecule has 1 saturated heterocycles. The molecule has 1 aromatic carbocycles. The van der Waals surface area contributed by atoms with Gasteiger partial charge in [-0.3, -0.25) is 19.4 Å². The summed E-state index contributed by atoms with van der Waals surface area (Å²) in [7, 11) is 0. The number of unbranched alkanes of at least 4 members (excludes halogenated alkanes) is 1. The number of halogens is 2. The van der Waals surface area contributed by atoms with Crippen LogP contribution in [0.5, 0.6) is 11.5 Å².